The lowest BCUT2D eigenvalue weighted by Gasteiger charge is -2.17. The second-order valence-electron chi connectivity index (χ2n) is 3.34. The Hall–Kier alpha value is -1.36. The Balaban J connectivity index is 2.59. The Labute approximate surface area is 74.4 Å². The molecular formula is C8H10N2O3. The van der Waals surface area contributed by atoms with Crippen LogP contribution in [0.1, 0.15) is 23.4 Å². The summed E-state index contributed by atoms with van der Waals surface area (Å²) in [6, 6.07) is 0. The molecule has 3 N–H and O–H groups in total. The quantitative estimate of drug-likeness (QED) is 0.567. The van der Waals surface area contributed by atoms with Crippen LogP contribution in [-0.4, -0.2) is 26.4 Å². The molecule has 0 fully saturated rings. The van der Waals surface area contributed by atoms with Crippen LogP contribution in [0.3, 0.4) is 0 Å². The van der Waals surface area contributed by atoms with Crippen LogP contribution in [-0.2, 0) is 16.8 Å². The molecule has 1 aliphatic carbocycles. The SMILES string of the molecule is Cc1[nH]nc2c1C(O)(C(=O)O)CC2. The molecule has 70 valence electrons. The molecule has 1 aromatic rings. The molecule has 5 nitrogen and oxygen atoms in total. The fourth-order valence-corrected chi connectivity index (χ4v) is 1.85. The number of nitrogens with zero attached hydrogens (tertiary/aromatic N) is 1. The lowest BCUT2D eigenvalue weighted by atomic mass is 9.96. The molecule has 0 aromatic carbocycles. The zero-order valence-electron chi connectivity index (χ0n) is 7.16. The molecule has 1 aromatic heterocycles. The number of aromatic amines is 1. The van der Waals surface area contributed by atoms with Crippen molar-refractivity contribution in [3.8, 4) is 0 Å². The predicted molar refractivity (Wildman–Crippen MR) is 43.2 cm³/mol. The summed E-state index contributed by atoms with van der Waals surface area (Å²) < 4.78 is 0. The van der Waals surface area contributed by atoms with Crippen LogP contribution < -0.4 is 0 Å². The van der Waals surface area contributed by atoms with Crippen molar-refractivity contribution < 1.29 is 15.0 Å². The maximum absolute atomic E-state index is 10.8. The summed E-state index contributed by atoms with van der Waals surface area (Å²) in [6.07, 6.45) is 0.734. The van der Waals surface area contributed by atoms with Gasteiger partial charge in [-0.2, -0.15) is 5.10 Å². The first-order valence-electron chi connectivity index (χ1n) is 4.06. The highest BCUT2D eigenvalue weighted by atomic mass is 16.4. The smallest absolute Gasteiger partial charge is 0.340 e. The van der Waals surface area contributed by atoms with Crippen molar-refractivity contribution in [2.45, 2.75) is 25.4 Å². The van der Waals surface area contributed by atoms with Crippen molar-refractivity contribution in [2.75, 3.05) is 0 Å². The Morgan fingerprint density at radius 3 is 3.00 bits per heavy atom. The molecule has 13 heavy (non-hydrogen) atoms. The second kappa shape index (κ2) is 2.32. The Morgan fingerprint density at radius 1 is 1.69 bits per heavy atom. The van der Waals surface area contributed by atoms with Gasteiger partial charge in [0.2, 0.25) is 0 Å². The lowest BCUT2D eigenvalue weighted by Crippen LogP contribution is -2.33. The van der Waals surface area contributed by atoms with Gasteiger partial charge in [-0.05, 0) is 19.8 Å². The van der Waals surface area contributed by atoms with Gasteiger partial charge in [0.15, 0.2) is 5.60 Å². The number of aliphatic hydroxyl groups is 1. The summed E-state index contributed by atoms with van der Waals surface area (Å²) >= 11 is 0. The first-order valence-corrected chi connectivity index (χ1v) is 4.06. The van der Waals surface area contributed by atoms with Gasteiger partial charge < -0.3 is 10.2 Å². The van der Waals surface area contributed by atoms with E-state index < -0.39 is 11.6 Å². The average Bonchev–Trinajstić information content (AvgIpc) is 2.57. The minimum absolute atomic E-state index is 0.218. The number of hydrogen-bond donors (Lipinski definition) is 3. The topological polar surface area (TPSA) is 86.2 Å². The van der Waals surface area contributed by atoms with E-state index in [1.807, 2.05) is 0 Å². The fourth-order valence-electron chi connectivity index (χ4n) is 1.85. The minimum atomic E-state index is -1.73. The van der Waals surface area contributed by atoms with E-state index in [9.17, 15) is 9.90 Å². The third-order valence-corrected chi connectivity index (χ3v) is 2.51. The van der Waals surface area contributed by atoms with Gasteiger partial charge in [0.25, 0.3) is 0 Å². The number of carboxylic acid groups (broad SMARTS) is 1. The number of aromatic nitrogens is 2. The highest BCUT2D eigenvalue weighted by Crippen LogP contribution is 2.37. The van der Waals surface area contributed by atoms with Crippen molar-refractivity contribution >= 4 is 5.97 Å². The Kier molecular flexibility index (Phi) is 1.47. The first kappa shape index (κ1) is 8.25. The molecule has 0 aliphatic heterocycles. The standard InChI is InChI=1S/C8H10N2O3/c1-4-6-5(10-9-4)2-3-8(6,13)7(11)12/h13H,2-3H2,1H3,(H,9,10)(H,11,12). The van der Waals surface area contributed by atoms with Gasteiger partial charge in [0.05, 0.1) is 5.69 Å². The molecule has 1 unspecified atom stereocenters. The van der Waals surface area contributed by atoms with E-state index in [1.165, 1.54) is 0 Å². The molecule has 0 saturated heterocycles. The summed E-state index contributed by atoms with van der Waals surface area (Å²) in [5, 5.41) is 25.3. The molecule has 5 heteroatoms. The van der Waals surface area contributed by atoms with Crippen LogP contribution in [0.5, 0.6) is 0 Å². The van der Waals surface area contributed by atoms with E-state index >= 15 is 0 Å². The Bertz CT molecular complexity index is 371. The third-order valence-electron chi connectivity index (χ3n) is 2.51. The van der Waals surface area contributed by atoms with Crippen molar-refractivity contribution in [3.05, 3.63) is 17.0 Å². The number of rotatable bonds is 1. The molecule has 1 atom stereocenters. The zero-order chi connectivity index (χ0) is 9.64. The van der Waals surface area contributed by atoms with Crippen LogP contribution in [0.2, 0.25) is 0 Å². The van der Waals surface area contributed by atoms with Gasteiger partial charge in [-0.1, -0.05) is 0 Å². The largest absolute Gasteiger partial charge is 0.479 e. The normalized spacial score (nSPS) is 26.0. The molecule has 1 aliphatic rings. The van der Waals surface area contributed by atoms with Crippen LogP contribution in [0.15, 0.2) is 0 Å². The van der Waals surface area contributed by atoms with Crippen molar-refractivity contribution in [1.82, 2.24) is 10.2 Å². The van der Waals surface area contributed by atoms with Gasteiger partial charge in [-0.25, -0.2) is 4.79 Å². The number of carboxylic acids is 1. The molecule has 0 amide bonds. The van der Waals surface area contributed by atoms with Crippen LogP contribution in [0.4, 0.5) is 0 Å². The van der Waals surface area contributed by atoms with Gasteiger partial charge in [0, 0.05) is 11.3 Å². The maximum atomic E-state index is 10.8. The maximum Gasteiger partial charge on any atom is 0.340 e. The van der Waals surface area contributed by atoms with Gasteiger partial charge in [0.1, 0.15) is 0 Å². The molecule has 0 saturated carbocycles. The van der Waals surface area contributed by atoms with E-state index in [0.29, 0.717) is 23.4 Å². The first-order chi connectivity index (χ1) is 6.05. The third kappa shape index (κ3) is 0.904. The second-order valence-corrected chi connectivity index (χ2v) is 3.34. The molecule has 0 spiro atoms. The van der Waals surface area contributed by atoms with Crippen molar-refractivity contribution in [1.29, 1.82) is 0 Å². The number of fused-ring (bicyclic) bond motifs is 1. The summed E-state index contributed by atoms with van der Waals surface area (Å²) in [6.45, 7) is 1.71. The van der Waals surface area contributed by atoms with Gasteiger partial charge in [-0.3, -0.25) is 5.10 Å². The summed E-state index contributed by atoms with van der Waals surface area (Å²) in [5.74, 6) is -1.20. The molecular weight excluding hydrogens is 172 g/mol. The highest BCUT2D eigenvalue weighted by molar-refractivity contribution is 5.81. The number of aliphatic carboxylic acids is 1. The number of nitrogens with one attached hydrogen (secondary N) is 1. The number of H-pyrrole nitrogens is 1. The van der Waals surface area contributed by atoms with E-state index in [2.05, 4.69) is 10.2 Å². The fraction of sp³-hybridized carbons (Fsp3) is 0.500. The number of aryl methyl sites for hydroxylation is 2. The van der Waals surface area contributed by atoms with Crippen molar-refractivity contribution in [3.63, 3.8) is 0 Å². The predicted octanol–water partition coefficient (Wildman–Crippen LogP) is -0.0635. The summed E-state index contributed by atoms with van der Waals surface area (Å²) in [5.41, 5.74) is 0.0201. The van der Waals surface area contributed by atoms with Gasteiger partial charge >= 0.3 is 5.97 Å². The minimum Gasteiger partial charge on any atom is -0.479 e. The van der Waals surface area contributed by atoms with Crippen LogP contribution >= 0.6 is 0 Å². The average molecular weight is 182 g/mol. The number of carbonyl (C=O) groups is 1. The van der Waals surface area contributed by atoms with Crippen LogP contribution in [0.25, 0.3) is 0 Å². The summed E-state index contributed by atoms with van der Waals surface area (Å²) in [4.78, 5) is 10.8. The molecule has 2 rings (SSSR count). The Morgan fingerprint density at radius 2 is 2.38 bits per heavy atom. The van der Waals surface area contributed by atoms with E-state index in [-0.39, 0.29) is 6.42 Å². The summed E-state index contributed by atoms with van der Waals surface area (Å²) in [7, 11) is 0. The monoisotopic (exact) mass is 182 g/mol. The zero-order valence-corrected chi connectivity index (χ0v) is 7.16. The lowest BCUT2D eigenvalue weighted by molar-refractivity contribution is -0.159. The number of hydrogen-bond acceptors (Lipinski definition) is 3. The van der Waals surface area contributed by atoms with E-state index in [0.717, 1.165) is 0 Å². The molecule has 0 bridgehead atoms. The van der Waals surface area contributed by atoms with E-state index in [1.54, 1.807) is 6.92 Å². The molecule has 0 radical (unpaired) electrons. The van der Waals surface area contributed by atoms with Gasteiger partial charge in [-0.15, -0.1) is 0 Å². The van der Waals surface area contributed by atoms with Crippen molar-refractivity contribution in [2.24, 2.45) is 0 Å². The highest BCUT2D eigenvalue weighted by Gasteiger charge is 2.46. The van der Waals surface area contributed by atoms with E-state index in [4.69, 9.17) is 5.11 Å². The van der Waals surface area contributed by atoms with Crippen LogP contribution in [0, 0.1) is 6.92 Å². The molecule has 1 heterocycles.